The summed E-state index contributed by atoms with van der Waals surface area (Å²) in [6, 6.07) is 17.3. The van der Waals surface area contributed by atoms with E-state index in [1.807, 2.05) is 65.7 Å². The van der Waals surface area contributed by atoms with Crippen molar-refractivity contribution in [2.24, 2.45) is 0 Å². The first kappa shape index (κ1) is 18.8. The van der Waals surface area contributed by atoms with Crippen LogP contribution < -0.4 is 4.74 Å². The monoisotopic (exact) mass is 462 g/mol. The predicted molar refractivity (Wildman–Crippen MR) is 117 cm³/mol. The molecule has 2 aromatic heterocycles. The average Bonchev–Trinajstić information content (AvgIpc) is 3.15. The normalized spacial score (nSPS) is 13.3. The zero-order chi connectivity index (χ0) is 20.5. The van der Waals surface area contributed by atoms with Gasteiger partial charge in [-0.2, -0.15) is 5.10 Å². The van der Waals surface area contributed by atoms with Gasteiger partial charge in [0.05, 0.1) is 11.8 Å². The molecule has 7 heteroatoms. The second kappa shape index (κ2) is 7.91. The SMILES string of the molecule is O=C(Cc1cccc(Oc2ccccc2)c1)N1CCc2c(cnc3n[nH]c(Br)c23)C1. The average molecular weight is 463 g/mol. The number of carbonyl (C=O) groups excluding carboxylic acids is 1. The molecular formula is C23H19BrN4O2. The number of aromatic nitrogens is 3. The summed E-state index contributed by atoms with van der Waals surface area (Å²) in [5.41, 5.74) is 3.93. The summed E-state index contributed by atoms with van der Waals surface area (Å²) < 4.78 is 6.73. The molecule has 1 aliphatic rings. The van der Waals surface area contributed by atoms with E-state index < -0.39 is 0 Å². The Bertz CT molecular complexity index is 1220. The van der Waals surface area contributed by atoms with Crippen LogP contribution in [0.15, 0.2) is 65.4 Å². The van der Waals surface area contributed by atoms with E-state index >= 15 is 0 Å². The summed E-state index contributed by atoms with van der Waals surface area (Å²) in [4.78, 5) is 19.3. The lowest BCUT2D eigenvalue weighted by Gasteiger charge is -2.29. The number of carbonyl (C=O) groups is 1. The molecule has 0 saturated heterocycles. The molecule has 0 unspecified atom stereocenters. The van der Waals surface area contributed by atoms with Crippen molar-refractivity contribution in [1.82, 2.24) is 20.1 Å². The fraction of sp³-hybridized carbons (Fsp3) is 0.174. The van der Waals surface area contributed by atoms with Gasteiger partial charge in [0.25, 0.3) is 0 Å². The van der Waals surface area contributed by atoms with Gasteiger partial charge in [0, 0.05) is 19.3 Å². The highest BCUT2D eigenvalue weighted by Gasteiger charge is 2.24. The maximum atomic E-state index is 13.0. The van der Waals surface area contributed by atoms with Crippen LogP contribution in [0.1, 0.15) is 16.7 Å². The van der Waals surface area contributed by atoms with E-state index in [1.54, 1.807) is 0 Å². The van der Waals surface area contributed by atoms with Crippen molar-refractivity contribution >= 4 is 32.9 Å². The fourth-order valence-corrected chi connectivity index (χ4v) is 4.35. The second-order valence-electron chi connectivity index (χ2n) is 7.30. The molecule has 1 amide bonds. The summed E-state index contributed by atoms with van der Waals surface area (Å²) in [6.45, 7) is 1.25. The van der Waals surface area contributed by atoms with E-state index in [4.69, 9.17) is 4.74 Å². The van der Waals surface area contributed by atoms with Crippen LogP contribution in [0.3, 0.4) is 0 Å². The molecule has 6 nitrogen and oxygen atoms in total. The predicted octanol–water partition coefficient (Wildman–Crippen LogP) is 4.64. The Morgan fingerprint density at radius 3 is 2.83 bits per heavy atom. The van der Waals surface area contributed by atoms with E-state index in [-0.39, 0.29) is 5.91 Å². The molecule has 4 aromatic rings. The number of ether oxygens (including phenoxy) is 1. The van der Waals surface area contributed by atoms with E-state index in [0.29, 0.717) is 25.2 Å². The number of nitrogens with one attached hydrogen (secondary N) is 1. The van der Waals surface area contributed by atoms with Crippen molar-refractivity contribution in [3.63, 3.8) is 0 Å². The van der Waals surface area contributed by atoms with Gasteiger partial charge in [-0.25, -0.2) is 4.98 Å². The van der Waals surface area contributed by atoms with Gasteiger partial charge in [-0.05, 0) is 63.3 Å². The van der Waals surface area contributed by atoms with Crippen molar-refractivity contribution in [3.8, 4) is 11.5 Å². The largest absolute Gasteiger partial charge is 0.457 e. The van der Waals surface area contributed by atoms with E-state index in [1.165, 1.54) is 5.56 Å². The van der Waals surface area contributed by atoms with Gasteiger partial charge < -0.3 is 9.64 Å². The minimum atomic E-state index is 0.101. The lowest BCUT2D eigenvalue weighted by molar-refractivity contribution is -0.131. The molecule has 0 aliphatic carbocycles. The van der Waals surface area contributed by atoms with Crippen molar-refractivity contribution in [2.75, 3.05) is 6.54 Å². The van der Waals surface area contributed by atoms with Crippen LogP contribution in [0.4, 0.5) is 0 Å². The topological polar surface area (TPSA) is 71.1 Å². The molecule has 0 radical (unpaired) electrons. The lowest BCUT2D eigenvalue weighted by Crippen LogP contribution is -2.37. The summed E-state index contributed by atoms with van der Waals surface area (Å²) in [7, 11) is 0. The van der Waals surface area contributed by atoms with Gasteiger partial charge in [0.1, 0.15) is 16.1 Å². The summed E-state index contributed by atoms with van der Waals surface area (Å²) in [5.74, 6) is 1.61. The van der Waals surface area contributed by atoms with Gasteiger partial charge in [-0.1, -0.05) is 30.3 Å². The number of fused-ring (bicyclic) bond motifs is 3. The zero-order valence-electron chi connectivity index (χ0n) is 16.1. The van der Waals surface area contributed by atoms with Gasteiger partial charge in [-0.15, -0.1) is 0 Å². The third-order valence-electron chi connectivity index (χ3n) is 5.31. The number of benzene rings is 2. The number of H-pyrrole nitrogens is 1. The molecule has 1 aliphatic heterocycles. The van der Waals surface area contributed by atoms with E-state index in [2.05, 4.69) is 31.1 Å². The standard InChI is InChI=1S/C23H19BrN4O2/c24-22-21-19-9-10-28(14-16(19)13-25-23(21)27-26-22)20(29)12-15-5-4-8-18(11-15)30-17-6-2-1-3-7-17/h1-8,11,13H,9-10,12,14H2,(H,25,26,27). The summed E-state index contributed by atoms with van der Waals surface area (Å²) in [6.07, 6.45) is 2.96. The number of hydrogen-bond donors (Lipinski definition) is 1. The number of aromatic amines is 1. The zero-order valence-corrected chi connectivity index (χ0v) is 17.7. The fourth-order valence-electron chi connectivity index (χ4n) is 3.85. The van der Waals surface area contributed by atoms with Crippen molar-refractivity contribution in [3.05, 3.63) is 82.1 Å². The van der Waals surface area contributed by atoms with E-state index in [0.717, 1.165) is 39.0 Å². The Labute approximate surface area is 182 Å². The number of nitrogens with zero attached hydrogens (tertiary/aromatic N) is 3. The number of hydrogen-bond acceptors (Lipinski definition) is 4. The molecule has 1 N–H and O–H groups in total. The number of amides is 1. The van der Waals surface area contributed by atoms with Gasteiger partial charge in [0.2, 0.25) is 5.91 Å². The molecule has 5 rings (SSSR count). The third-order valence-corrected chi connectivity index (χ3v) is 5.89. The molecular weight excluding hydrogens is 444 g/mol. The van der Waals surface area contributed by atoms with Crippen LogP contribution >= 0.6 is 15.9 Å². The highest BCUT2D eigenvalue weighted by atomic mass is 79.9. The highest BCUT2D eigenvalue weighted by molar-refractivity contribution is 9.10. The Morgan fingerprint density at radius 1 is 1.13 bits per heavy atom. The molecule has 2 aromatic carbocycles. The quantitative estimate of drug-likeness (QED) is 0.479. The second-order valence-corrected chi connectivity index (χ2v) is 8.10. The van der Waals surface area contributed by atoms with E-state index in [9.17, 15) is 4.79 Å². The highest BCUT2D eigenvalue weighted by Crippen LogP contribution is 2.30. The first-order valence-electron chi connectivity index (χ1n) is 9.77. The molecule has 3 heterocycles. The van der Waals surface area contributed by atoms with Crippen LogP contribution in [-0.2, 0) is 24.2 Å². The summed E-state index contributed by atoms with van der Waals surface area (Å²) in [5, 5.41) is 8.15. The molecule has 0 spiro atoms. The Hall–Kier alpha value is -3.19. The van der Waals surface area contributed by atoms with Crippen molar-refractivity contribution < 1.29 is 9.53 Å². The first-order chi connectivity index (χ1) is 14.7. The Morgan fingerprint density at radius 2 is 1.97 bits per heavy atom. The van der Waals surface area contributed by atoms with Crippen molar-refractivity contribution in [1.29, 1.82) is 0 Å². The maximum absolute atomic E-state index is 13.0. The molecule has 0 fully saturated rings. The number of halogens is 1. The van der Waals surface area contributed by atoms with Crippen LogP contribution in [-0.4, -0.2) is 32.5 Å². The minimum absolute atomic E-state index is 0.101. The smallest absolute Gasteiger partial charge is 0.227 e. The van der Waals surface area contributed by atoms with Crippen LogP contribution in [0, 0.1) is 0 Å². The summed E-state index contributed by atoms with van der Waals surface area (Å²) >= 11 is 3.51. The maximum Gasteiger partial charge on any atom is 0.227 e. The minimum Gasteiger partial charge on any atom is -0.457 e. The third kappa shape index (κ3) is 3.68. The van der Waals surface area contributed by atoms with Crippen LogP contribution in [0.5, 0.6) is 11.5 Å². The van der Waals surface area contributed by atoms with Gasteiger partial charge in [0.15, 0.2) is 5.65 Å². The number of rotatable bonds is 4. The molecule has 0 saturated carbocycles. The molecule has 0 bridgehead atoms. The molecule has 0 atom stereocenters. The van der Waals surface area contributed by atoms with Crippen LogP contribution in [0.25, 0.3) is 11.0 Å². The molecule has 150 valence electrons. The lowest BCUT2D eigenvalue weighted by atomic mass is 9.98. The van der Waals surface area contributed by atoms with Gasteiger partial charge in [-0.3, -0.25) is 9.89 Å². The first-order valence-corrected chi connectivity index (χ1v) is 10.6. The molecule has 30 heavy (non-hydrogen) atoms. The number of para-hydroxylation sites is 1. The Kier molecular flexibility index (Phi) is 4.96. The van der Waals surface area contributed by atoms with Crippen molar-refractivity contribution in [2.45, 2.75) is 19.4 Å². The Balaban J connectivity index is 1.30. The van der Waals surface area contributed by atoms with Gasteiger partial charge >= 0.3 is 0 Å². The number of pyridine rings is 1. The van der Waals surface area contributed by atoms with Crippen LogP contribution in [0.2, 0.25) is 0 Å².